The Bertz CT molecular complexity index is 655. The maximum Gasteiger partial charge on any atom is 0.337 e. The van der Waals surface area contributed by atoms with Crippen LogP contribution in [0.3, 0.4) is 0 Å². The summed E-state index contributed by atoms with van der Waals surface area (Å²) < 4.78 is 0. The lowest BCUT2D eigenvalue weighted by Crippen LogP contribution is -2.06. The molecule has 2 aromatic carbocycles. The summed E-state index contributed by atoms with van der Waals surface area (Å²) in [6, 6.07) is 9.11. The minimum Gasteiger partial charge on any atom is -0.478 e. The largest absolute Gasteiger partial charge is 0.478 e. The Morgan fingerprint density at radius 2 is 1.75 bits per heavy atom. The van der Waals surface area contributed by atoms with Gasteiger partial charge in [0, 0.05) is 5.69 Å². The van der Waals surface area contributed by atoms with Gasteiger partial charge in [0.05, 0.1) is 16.9 Å². The summed E-state index contributed by atoms with van der Waals surface area (Å²) in [5, 5.41) is 12.3. The number of nitrogens with one attached hydrogen (secondary N) is 1. The van der Waals surface area contributed by atoms with Crippen molar-refractivity contribution in [1.82, 2.24) is 0 Å². The molecule has 0 fully saturated rings. The molecule has 104 valence electrons. The van der Waals surface area contributed by atoms with Gasteiger partial charge in [-0.25, -0.2) is 4.79 Å². The molecule has 0 aliphatic carbocycles. The minimum absolute atomic E-state index is 0.109. The summed E-state index contributed by atoms with van der Waals surface area (Å²) in [6.45, 7) is 6.07. The van der Waals surface area contributed by atoms with Gasteiger partial charge in [-0.1, -0.05) is 23.8 Å². The molecule has 0 heterocycles. The van der Waals surface area contributed by atoms with Crippen LogP contribution in [0.15, 0.2) is 30.3 Å². The molecule has 0 amide bonds. The minimum atomic E-state index is -1.02. The molecule has 0 atom stereocenters. The predicted molar refractivity (Wildman–Crippen MR) is 81.7 cm³/mol. The van der Waals surface area contributed by atoms with Crippen LogP contribution < -0.4 is 11.1 Å². The molecule has 0 saturated heterocycles. The second-order valence-electron chi connectivity index (χ2n) is 4.97. The average molecular weight is 270 g/mol. The van der Waals surface area contributed by atoms with Crippen LogP contribution in [0.25, 0.3) is 0 Å². The second kappa shape index (κ2) is 5.25. The number of nitrogen functional groups attached to an aromatic ring is 1. The molecule has 20 heavy (non-hydrogen) atoms. The van der Waals surface area contributed by atoms with Crippen molar-refractivity contribution >= 4 is 23.0 Å². The van der Waals surface area contributed by atoms with Crippen LogP contribution in [0.4, 0.5) is 17.1 Å². The van der Waals surface area contributed by atoms with E-state index < -0.39 is 5.97 Å². The van der Waals surface area contributed by atoms with Crippen LogP contribution in [0.1, 0.15) is 27.0 Å². The Morgan fingerprint density at radius 1 is 1.15 bits per heavy atom. The number of carbonyl (C=O) groups is 1. The topological polar surface area (TPSA) is 75.3 Å². The maximum atomic E-state index is 11.1. The molecule has 4 heteroatoms. The highest BCUT2D eigenvalue weighted by Crippen LogP contribution is 2.30. The van der Waals surface area contributed by atoms with Crippen LogP contribution >= 0.6 is 0 Å². The summed E-state index contributed by atoms with van der Waals surface area (Å²) in [5.74, 6) is -1.02. The van der Waals surface area contributed by atoms with Crippen molar-refractivity contribution in [1.29, 1.82) is 0 Å². The molecule has 4 nitrogen and oxygen atoms in total. The summed E-state index contributed by atoms with van der Waals surface area (Å²) >= 11 is 0. The van der Waals surface area contributed by atoms with Gasteiger partial charge in [0.2, 0.25) is 0 Å². The van der Waals surface area contributed by atoms with E-state index in [-0.39, 0.29) is 11.3 Å². The van der Waals surface area contributed by atoms with Gasteiger partial charge in [-0.3, -0.25) is 0 Å². The van der Waals surface area contributed by atoms with Crippen LogP contribution in [-0.4, -0.2) is 11.1 Å². The van der Waals surface area contributed by atoms with Crippen LogP contribution in [-0.2, 0) is 0 Å². The smallest absolute Gasteiger partial charge is 0.337 e. The van der Waals surface area contributed by atoms with E-state index in [4.69, 9.17) is 10.8 Å². The molecule has 0 radical (unpaired) electrons. The van der Waals surface area contributed by atoms with Crippen LogP contribution in [0.5, 0.6) is 0 Å². The van der Waals surface area contributed by atoms with Gasteiger partial charge in [0.15, 0.2) is 0 Å². The zero-order valence-corrected chi connectivity index (χ0v) is 11.8. The first kappa shape index (κ1) is 13.9. The molecule has 0 aromatic heterocycles. The fourth-order valence-corrected chi connectivity index (χ4v) is 2.37. The number of benzene rings is 2. The van der Waals surface area contributed by atoms with Crippen molar-refractivity contribution in [3.05, 3.63) is 52.6 Å². The quantitative estimate of drug-likeness (QED) is 0.744. The van der Waals surface area contributed by atoms with Crippen molar-refractivity contribution in [3.8, 4) is 0 Å². The zero-order chi connectivity index (χ0) is 14.9. The molecule has 0 aliphatic heterocycles. The van der Waals surface area contributed by atoms with Gasteiger partial charge < -0.3 is 16.2 Å². The SMILES string of the molecule is Cc1cc(C)c(Nc2cccc(C(=O)O)c2N)c(C)c1. The summed E-state index contributed by atoms with van der Waals surface area (Å²) in [5.41, 5.74) is 11.2. The maximum absolute atomic E-state index is 11.1. The first-order valence-electron chi connectivity index (χ1n) is 6.37. The van der Waals surface area contributed by atoms with Crippen molar-refractivity contribution in [3.63, 3.8) is 0 Å². The molecule has 2 rings (SSSR count). The van der Waals surface area contributed by atoms with Crippen molar-refractivity contribution in [2.45, 2.75) is 20.8 Å². The van der Waals surface area contributed by atoms with Gasteiger partial charge in [0.1, 0.15) is 0 Å². The first-order valence-corrected chi connectivity index (χ1v) is 6.37. The lowest BCUT2D eigenvalue weighted by Gasteiger charge is -2.16. The van der Waals surface area contributed by atoms with E-state index in [9.17, 15) is 4.79 Å². The Hall–Kier alpha value is -2.49. The van der Waals surface area contributed by atoms with E-state index in [1.165, 1.54) is 11.6 Å². The highest BCUT2D eigenvalue weighted by molar-refractivity contribution is 5.97. The third-order valence-corrected chi connectivity index (χ3v) is 3.27. The lowest BCUT2D eigenvalue weighted by molar-refractivity contribution is 0.0698. The first-order chi connectivity index (χ1) is 9.40. The zero-order valence-electron chi connectivity index (χ0n) is 11.8. The van der Waals surface area contributed by atoms with Crippen molar-refractivity contribution in [2.75, 3.05) is 11.1 Å². The molecular weight excluding hydrogens is 252 g/mol. The summed E-state index contributed by atoms with van der Waals surface area (Å²) in [4.78, 5) is 11.1. The third kappa shape index (κ3) is 2.59. The summed E-state index contributed by atoms with van der Waals surface area (Å²) in [7, 11) is 0. The highest BCUT2D eigenvalue weighted by Gasteiger charge is 2.12. The summed E-state index contributed by atoms with van der Waals surface area (Å²) in [6.07, 6.45) is 0. The fourth-order valence-electron chi connectivity index (χ4n) is 2.37. The molecule has 0 spiro atoms. The number of nitrogens with two attached hydrogens (primary N) is 1. The number of carboxylic acid groups (broad SMARTS) is 1. The number of aryl methyl sites for hydroxylation is 3. The van der Waals surface area contributed by atoms with E-state index in [1.807, 2.05) is 20.8 Å². The Kier molecular flexibility index (Phi) is 3.66. The number of anilines is 3. The fraction of sp³-hybridized carbons (Fsp3) is 0.188. The van der Waals surface area contributed by atoms with Crippen LogP contribution in [0, 0.1) is 20.8 Å². The molecule has 4 N–H and O–H groups in total. The van der Waals surface area contributed by atoms with E-state index >= 15 is 0 Å². The molecule has 0 unspecified atom stereocenters. The normalized spacial score (nSPS) is 10.3. The Morgan fingerprint density at radius 3 is 2.30 bits per heavy atom. The average Bonchev–Trinajstić information content (AvgIpc) is 2.35. The monoisotopic (exact) mass is 270 g/mol. The molecule has 2 aromatic rings. The number of aromatic carboxylic acids is 1. The molecule has 0 bridgehead atoms. The molecule has 0 aliphatic rings. The number of rotatable bonds is 3. The van der Waals surface area contributed by atoms with E-state index in [1.54, 1.807) is 12.1 Å². The van der Waals surface area contributed by atoms with Gasteiger partial charge >= 0.3 is 5.97 Å². The second-order valence-corrected chi connectivity index (χ2v) is 4.97. The van der Waals surface area contributed by atoms with Crippen LogP contribution in [0.2, 0.25) is 0 Å². The van der Waals surface area contributed by atoms with E-state index in [0.29, 0.717) is 5.69 Å². The van der Waals surface area contributed by atoms with E-state index in [0.717, 1.165) is 16.8 Å². The van der Waals surface area contributed by atoms with Gasteiger partial charge in [0.25, 0.3) is 0 Å². The Labute approximate surface area is 118 Å². The predicted octanol–water partition coefficient (Wildman–Crippen LogP) is 3.64. The standard InChI is InChI=1S/C16H18N2O2/c1-9-7-10(2)15(11(3)8-9)18-13-6-4-5-12(14(13)17)16(19)20/h4-8,18H,17H2,1-3H3,(H,19,20). The number of carboxylic acids is 1. The number of hydrogen-bond acceptors (Lipinski definition) is 3. The van der Waals surface area contributed by atoms with Gasteiger partial charge in [-0.2, -0.15) is 0 Å². The van der Waals surface area contributed by atoms with Crippen molar-refractivity contribution in [2.24, 2.45) is 0 Å². The van der Waals surface area contributed by atoms with Crippen molar-refractivity contribution < 1.29 is 9.90 Å². The van der Waals surface area contributed by atoms with E-state index in [2.05, 4.69) is 17.4 Å². The third-order valence-electron chi connectivity index (χ3n) is 3.27. The van der Waals surface area contributed by atoms with Gasteiger partial charge in [-0.05, 0) is 44.0 Å². The molecular formula is C16H18N2O2. The number of hydrogen-bond donors (Lipinski definition) is 3. The van der Waals surface area contributed by atoms with Gasteiger partial charge in [-0.15, -0.1) is 0 Å². The highest BCUT2D eigenvalue weighted by atomic mass is 16.4. The lowest BCUT2D eigenvalue weighted by atomic mass is 10.0. The molecule has 0 saturated carbocycles. The number of para-hydroxylation sites is 1. The Balaban J connectivity index is 2.46.